The fourth-order valence-electron chi connectivity index (χ4n) is 2.60. The van der Waals surface area contributed by atoms with Gasteiger partial charge in [0.25, 0.3) is 5.91 Å². The molecule has 136 valence electrons. The standard InChI is InChI=1S/C18H21N5OS2/c1-18(9-19,7-12-3-2-4-14(20)5-12)10-25-23-16(24)15-6-13-8-21-11-22-17(13)26-15/h2-6,8,11H,7,9-10,19-20H2,1H3,(H,23,24). The monoisotopic (exact) mass is 387 g/mol. The first-order valence-corrected chi connectivity index (χ1v) is 9.95. The van der Waals surface area contributed by atoms with E-state index in [0.717, 1.165) is 27.9 Å². The number of nitrogens with one attached hydrogen (secondary N) is 1. The van der Waals surface area contributed by atoms with Crippen LogP contribution < -0.4 is 16.2 Å². The predicted octanol–water partition coefficient (Wildman–Crippen LogP) is 2.86. The third kappa shape index (κ3) is 4.51. The molecular formula is C18H21N5OS2. The highest BCUT2D eigenvalue weighted by Crippen LogP contribution is 2.27. The molecule has 3 rings (SSSR count). The summed E-state index contributed by atoms with van der Waals surface area (Å²) < 4.78 is 2.91. The number of carbonyl (C=O) groups is 1. The number of carbonyl (C=O) groups excluding carboxylic acids is 1. The zero-order valence-corrected chi connectivity index (χ0v) is 16.1. The molecule has 0 aliphatic heterocycles. The summed E-state index contributed by atoms with van der Waals surface area (Å²) in [5, 5.41) is 0.876. The van der Waals surface area contributed by atoms with Crippen LogP contribution in [0.5, 0.6) is 0 Å². The molecule has 2 heterocycles. The van der Waals surface area contributed by atoms with Gasteiger partial charge in [-0.05, 0) is 54.1 Å². The first kappa shape index (κ1) is 18.6. The van der Waals surface area contributed by atoms with E-state index in [1.165, 1.54) is 29.6 Å². The molecule has 8 heteroatoms. The number of nitrogens with two attached hydrogens (primary N) is 2. The summed E-state index contributed by atoms with van der Waals surface area (Å²) in [6.45, 7) is 2.63. The number of aromatic nitrogens is 2. The molecule has 1 amide bonds. The molecular weight excluding hydrogens is 366 g/mol. The van der Waals surface area contributed by atoms with E-state index in [0.29, 0.717) is 17.2 Å². The van der Waals surface area contributed by atoms with Crippen LogP contribution in [-0.4, -0.2) is 28.2 Å². The van der Waals surface area contributed by atoms with Gasteiger partial charge in [-0.2, -0.15) is 0 Å². The Morgan fingerprint density at radius 1 is 1.38 bits per heavy atom. The minimum absolute atomic E-state index is 0.124. The van der Waals surface area contributed by atoms with Gasteiger partial charge >= 0.3 is 0 Å². The smallest absolute Gasteiger partial charge is 0.271 e. The molecule has 5 N–H and O–H groups in total. The first-order chi connectivity index (χ1) is 12.5. The quantitative estimate of drug-likeness (QED) is 0.425. The highest BCUT2D eigenvalue weighted by molar-refractivity contribution is 7.98. The van der Waals surface area contributed by atoms with Crippen molar-refractivity contribution < 1.29 is 4.79 Å². The van der Waals surface area contributed by atoms with Gasteiger partial charge in [0.2, 0.25) is 0 Å². The second-order valence-electron chi connectivity index (χ2n) is 6.55. The summed E-state index contributed by atoms with van der Waals surface area (Å²) in [6, 6.07) is 9.64. The van der Waals surface area contributed by atoms with Crippen molar-refractivity contribution in [1.29, 1.82) is 0 Å². The Morgan fingerprint density at radius 2 is 2.23 bits per heavy atom. The number of benzene rings is 1. The van der Waals surface area contributed by atoms with Crippen molar-refractivity contribution in [3.05, 3.63) is 53.3 Å². The van der Waals surface area contributed by atoms with E-state index < -0.39 is 0 Å². The molecule has 0 spiro atoms. The van der Waals surface area contributed by atoms with Crippen LogP contribution >= 0.6 is 23.3 Å². The number of anilines is 1. The van der Waals surface area contributed by atoms with Crippen LogP contribution in [0.1, 0.15) is 22.2 Å². The lowest BCUT2D eigenvalue weighted by molar-refractivity contribution is 0.0988. The average molecular weight is 388 g/mol. The Kier molecular flexibility index (Phi) is 5.75. The topological polar surface area (TPSA) is 107 Å². The van der Waals surface area contributed by atoms with Gasteiger partial charge in [-0.3, -0.25) is 9.52 Å². The SMILES string of the molecule is CC(CN)(CSNC(=O)c1cc2cncnc2s1)Cc1cccc(N)c1. The molecule has 1 aromatic carbocycles. The Balaban J connectivity index is 1.58. The number of hydrogen-bond donors (Lipinski definition) is 3. The second-order valence-corrected chi connectivity index (χ2v) is 8.36. The van der Waals surface area contributed by atoms with Crippen molar-refractivity contribution in [3.63, 3.8) is 0 Å². The number of nitrogen functional groups attached to an aromatic ring is 1. The number of rotatable bonds is 7. The zero-order chi connectivity index (χ0) is 18.6. The van der Waals surface area contributed by atoms with Crippen LogP contribution in [0.15, 0.2) is 42.9 Å². The summed E-state index contributed by atoms with van der Waals surface area (Å²) in [7, 11) is 0. The molecule has 1 atom stereocenters. The maximum Gasteiger partial charge on any atom is 0.271 e. The van der Waals surface area contributed by atoms with Crippen LogP contribution in [0.3, 0.4) is 0 Å². The van der Waals surface area contributed by atoms with E-state index in [9.17, 15) is 4.79 Å². The lowest BCUT2D eigenvalue weighted by Gasteiger charge is -2.27. The highest BCUT2D eigenvalue weighted by Gasteiger charge is 2.24. The Morgan fingerprint density at radius 3 is 2.96 bits per heavy atom. The fraction of sp³-hybridized carbons (Fsp3) is 0.278. The van der Waals surface area contributed by atoms with Crippen molar-refractivity contribution >= 4 is 45.1 Å². The summed E-state index contributed by atoms with van der Waals surface area (Å²) in [5.41, 5.74) is 13.6. The average Bonchev–Trinajstić information content (AvgIpc) is 3.06. The Bertz CT molecular complexity index is 880. The summed E-state index contributed by atoms with van der Waals surface area (Å²) in [5.74, 6) is 0.579. The van der Waals surface area contributed by atoms with Gasteiger partial charge in [-0.25, -0.2) is 9.97 Å². The molecule has 6 nitrogen and oxygen atoms in total. The molecule has 0 aliphatic rings. The van der Waals surface area contributed by atoms with Crippen LogP contribution in [0.2, 0.25) is 0 Å². The summed E-state index contributed by atoms with van der Waals surface area (Å²) in [6.07, 6.45) is 3.99. The second kappa shape index (κ2) is 8.03. The normalized spacial score (nSPS) is 13.5. The zero-order valence-electron chi connectivity index (χ0n) is 14.4. The summed E-state index contributed by atoms with van der Waals surface area (Å²) >= 11 is 2.74. The molecule has 26 heavy (non-hydrogen) atoms. The number of fused-ring (bicyclic) bond motifs is 1. The minimum Gasteiger partial charge on any atom is -0.399 e. The van der Waals surface area contributed by atoms with Crippen LogP contribution in [0.25, 0.3) is 10.2 Å². The number of thiophene rings is 1. The van der Waals surface area contributed by atoms with Crippen molar-refractivity contribution in [2.45, 2.75) is 13.3 Å². The van der Waals surface area contributed by atoms with Crippen molar-refractivity contribution in [2.24, 2.45) is 11.1 Å². The maximum atomic E-state index is 12.4. The highest BCUT2D eigenvalue weighted by atomic mass is 32.2. The van der Waals surface area contributed by atoms with E-state index in [1.807, 2.05) is 30.3 Å². The Labute approximate surface area is 160 Å². The van der Waals surface area contributed by atoms with Gasteiger partial charge in [-0.15, -0.1) is 11.3 Å². The van der Waals surface area contributed by atoms with E-state index in [2.05, 4.69) is 21.6 Å². The van der Waals surface area contributed by atoms with E-state index in [1.54, 1.807) is 6.20 Å². The molecule has 0 saturated heterocycles. The van der Waals surface area contributed by atoms with Gasteiger partial charge in [0, 0.05) is 23.0 Å². The Hall–Kier alpha value is -2.16. The van der Waals surface area contributed by atoms with Gasteiger partial charge in [0.15, 0.2) is 0 Å². The third-order valence-electron chi connectivity index (χ3n) is 4.08. The molecule has 0 radical (unpaired) electrons. The molecule has 1 unspecified atom stereocenters. The van der Waals surface area contributed by atoms with E-state index >= 15 is 0 Å². The van der Waals surface area contributed by atoms with Crippen molar-refractivity contribution in [1.82, 2.24) is 14.7 Å². The van der Waals surface area contributed by atoms with Gasteiger partial charge in [-0.1, -0.05) is 19.1 Å². The number of hydrogen-bond acceptors (Lipinski definition) is 7. The lowest BCUT2D eigenvalue weighted by Crippen LogP contribution is -2.33. The van der Waals surface area contributed by atoms with Gasteiger partial charge in [0.1, 0.15) is 11.2 Å². The molecule has 0 fully saturated rings. The largest absolute Gasteiger partial charge is 0.399 e. The van der Waals surface area contributed by atoms with E-state index in [4.69, 9.17) is 11.5 Å². The van der Waals surface area contributed by atoms with Crippen molar-refractivity contribution in [2.75, 3.05) is 18.0 Å². The molecule has 3 aromatic rings. The van der Waals surface area contributed by atoms with E-state index in [-0.39, 0.29) is 11.3 Å². The van der Waals surface area contributed by atoms with Crippen molar-refractivity contribution in [3.8, 4) is 0 Å². The number of nitrogens with zero attached hydrogens (tertiary/aromatic N) is 2. The predicted molar refractivity (Wildman–Crippen MR) is 109 cm³/mol. The van der Waals surface area contributed by atoms with Gasteiger partial charge < -0.3 is 11.5 Å². The molecule has 0 saturated carbocycles. The van der Waals surface area contributed by atoms with Crippen LogP contribution in [-0.2, 0) is 6.42 Å². The fourth-order valence-corrected chi connectivity index (χ4v) is 4.42. The van der Waals surface area contributed by atoms with Gasteiger partial charge in [0.05, 0.1) is 4.88 Å². The van der Waals surface area contributed by atoms with Crippen LogP contribution in [0.4, 0.5) is 5.69 Å². The molecule has 2 aromatic heterocycles. The summed E-state index contributed by atoms with van der Waals surface area (Å²) in [4.78, 5) is 21.9. The third-order valence-corrected chi connectivity index (χ3v) is 6.31. The molecule has 0 bridgehead atoms. The van der Waals surface area contributed by atoms with Crippen LogP contribution in [0, 0.1) is 5.41 Å². The molecule has 0 aliphatic carbocycles. The maximum absolute atomic E-state index is 12.4. The minimum atomic E-state index is -0.141. The lowest BCUT2D eigenvalue weighted by atomic mass is 9.85. The number of amides is 1. The first-order valence-electron chi connectivity index (χ1n) is 8.15.